The summed E-state index contributed by atoms with van der Waals surface area (Å²) in [5, 5.41) is 11.7. The quantitative estimate of drug-likeness (QED) is 0.455. The molecule has 3 heterocycles. The molecule has 0 unspecified atom stereocenters. The highest BCUT2D eigenvalue weighted by atomic mass is 32.2. The Morgan fingerprint density at radius 3 is 2.50 bits per heavy atom. The summed E-state index contributed by atoms with van der Waals surface area (Å²) in [5.41, 5.74) is 1.92. The Hall–Kier alpha value is -2.97. The maximum atomic E-state index is 5.48. The van der Waals surface area contributed by atoms with Gasteiger partial charge in [-0.2, -0.15) is 0 Å². The van der Waals surface area contributed by atoms with Crippen molar-refractivity contribution < 1.29 is 4.74 Å². The lowest BCUT2D eigenvalue weighted by atomic mass is 10.2. The van der Waals surface area contributed by atoms with E-state index in [0.717, 1.165) is 65.4 Å². The molecule has 2 aromatic carbocycles. The second kappa shape index (κ2) is 8.41. The number of morpholine rings is 1. The van der Waals surface area contributed by atoms with E-state index in [-0.39, 0.29) is 0 Å². The number of benzene rings is 2. The molecule has 0 atom stereocenters. The van der Waals surface area contributed by atoms with Crippen molar-refractivity contribution >= 4 is 28.6 Å². The van der Waals surface area contributed by atoms with Crippen molar-refractivity contribution in [3.05, 3.63) is 54.6 Å². The van der Waals surface area contributed by atoms with Crippen LogP contribution in [-0.2, 0) is 11.3 Å². The van der Waals surface area contributed by atoms with Gasteiger partial charge in [0.05, 0.1) is 18.7 Å². The molecule has 1 saturated heterocycles. The van der Waals surface area contributed by atoms with Crippen molar-refractivity contribution in [3.63, 3.8) is 0 Å². The third-order valence-electron chi connectivity index (χ3n) is 5.10. The molecule has 8 heteroatoms. The average molecular weight is 419 g/mol. The molecule has 5 rings (SSSR count). The molecule has 1 aliphatic heterocycles. The molecule has 30 heavy (non-hydrogen) atoms. The molecule has 0 spiro atoms. The van der Waals surface area contributed by atoms with Crippen molar-refractivity contribution in [1.29, 1.82) is 0 Å². The van der Waals surface area contributed by atoms with Gasteiger partial charge in [0.2, 0.25) is 5.95 Å². The second-order valence-corrected chi connectivity index (χ2v) is 7.92. The third-order valence-corrected chi connectivity index (χ3v) is 6.08. The summed E-state index contributed by atoms with van der Waals surface area (Å²) in [7, 11) is 0. The number of para-hydroxylation sites is 1. The Morgan fingerprint density at radius 1 is 0.933 bits per heavy atom. The van der Waals surface area contributed by atoms with E-state index in [2.05, 4.69) is 32.7 Å². The minimum Gasteiger partial charge on any atom is -0.378 e. The number of anilines is 1. The first kappa shape index (κ1) is 19.0. The predicted molar refractivity (Wildman–Crippen MR) is 118 cm³/mol. The molecule has 0 bridgehead atoms. The Labute approximate surface area is 179 Å². The summed E-state index contributed by atoms with van der Waals surface area (Å²) >= 11 is 1.54. The normalized spacial score (nSPS) is 14.4. The summed E-state index contributed by atoms with van der Waals surface area (Å²) in [6.07, 6.45) is 0. The van der Waals surface area contributed by atoms with E-state index in [9.17, 15) is 0 Å². The summed E-state index contributed by atoms with van der Waals surface area (Å²) in [6.45, 7) is 6.00. The zero-order valence-corrected chi connectivity index (χ0v) is 17.5. The smallest absolute Gasteiger partial charge is 0.228 e. The van der Waals surface area contributed by atoms with Crippen molar-refractivity contribution in [2.24, 2.45) is 0 Å². The van der Waals surface area contributed by atoms with Crippen LogP contribution in [0, 0.1) is 0 Å². The number of fused-ring (bicyclic) bond motifs is 1. The molecule has 0 saturated carbocycles. The number of rotatable bonds is 5. The van der Waals surface area contributed by atoms with Crippen LogP contribution in [0.4, 0.5) is 5.95 Å². The Kier molecular flexibility index (Phi) is 5.33. The minimum atomic E-state index is 0.716. The van der Waals surface area contributed by atoms with Crippen molar-refractivity contribution in [3.8, 4) is 11.4 Å². The monoisotopic (exact) mass is 418 g/mol. The van der Waals surface area contributed by atoms with Gasteiger partial charge in [-0.1, -0.05) is 48.5 Å². The molecule has 0 N–H and O–H groups in total. The van der Waals surface area contributed by atoms with Gasteiger partial charge >= 0.3 is 0 Å². The molecule has 2 aromatic heterocycles. The first-order valence-electron chi connectivity index (χ1n) is 10.1. The standard InChI is InChI=1S/C22H22N6OS/c1-2-28-21(27-12-14-29-15-13-27)25-26-22(28)30-20-17-10-6-7-11-18(17)23-19(24-20)16-8-4-3-5-9-16/h3-11H,2,12-15H2,1H3. The van der Waals surface area contributed by atoms with Gasteiger partial charge in [-0.25, -0.2) is 9.97 Å². The molecule has 4 aromatic rings. The van der Waals surface area contributed by atoms with Crippen molar-refractivity contribution in [1.82, 2.24) is 24.7 Å². The summed E-state index contributed by atoms with van der Waals surface area (Å²) in [6, 6.07) is 18.2. The summed E-state index contributed by atoms with van der Waals surface area (Å²) in [5.74, 6) is 1.61. The Balaban J connectivity index is 1.56. The van der Waals surface area contributed by atoms with E-state index in [0.29, 0.717) is 5.82 Å². The van der Waals surface area contributed by atoms with E-state index in [1.807, 2.05) is 48.5 Å². The van der Waals surface area contributed by atoms with Gasteiger partial charge in [-0.3, -0.25) is 4.57 Å². The van der Waals surface area contributed by atoms with E-state index in [1.165, 1.54) is 0 Å². The topological polar surface area (TPSA) is 69.0 Å². The van der Waals surface area contributed by atoms with Gasteiger partial charge in [0.25, 0.3) is 0 Å². The SMILES string of the molecule is CCn1c(Sc2nc(-c3ccccc3)nc3ccccc23)nnc1N1CCOCC1. The number of hydrogen-bond acceptors (Lipinski definition) is 7. The zero-order valence-electron chi connectivity index (χ0n) is 16.7. The lowest BCUT2D eigenvalue weighted by Gasteiger charge is -2.27. The fourth-order valence-electron chi connectivity index (χ4n) is 3.56. The molecule has 1 fully saturated rings. The van der Waals surface area contributed by atoms with Crippen LogP contribution in [0.15, 0.2) is 64.8 Å². The second-order valence-electron chi connectivity index (χ2n) is 6.96. The van der Waals surface area contributed by atoms with Crippen LogP contribution in [-0.4, -0.2) is 51.0 Å². The van der Waals surface area contributed by atoms with Crippen LogP contribution in [0.2, 0.25) is 0 Å². The lowest BCUT2D eigenvalue weighted by Crippen LogP contribution is -2.38. The fraction of sp³-hybridized carbons (Fsp3) is 0.273. The molecule has 0 radical (unpaired) electrons. The molecule has 0 amide bonds. The van der Waals surface area contributed by atoms with Crippen LogP contribution in [0.5, 0.6) is 0 Å². The molecule has 7 nitrogen and oxygen atoms in total. The highest BCUT2D eigenvalue weighted by Crippen LogP contribution is 2.34. The van der Waals surface area contributed by atoms with Gasteiger partial charge in [0, 0.05) is 30.6 Å². The van der Waals surface area contributed by atoms with Crippen LogP contribution in [0.1, 0.15) is 6.92 Å². The average Bonchev–Trinajstić information content (AvgIpc) is 3.22. The van der Waals surface area contributed by atoms with E-state index < -0.39 is 0 Å². The maximum absolute atomic E-state index is 5.48. The van der Waals surface area contributed by atoms with Gasteiger partial charge in [-0.05, 0) is 24.8 Å². The third kappa shape index (κ3) is 3.64. The first-order valence-corrected chi connectivity index (χ1v) is 10.9. The largest absolute Gasteiger partial charge is 0.378 e. The van der Waals surface area contributed by atoms with Crippen molar-refractivity contribution in [2.45, 2.75) is 23.7 Å². The molecular formula is C22H22N6OS. The summed E-state index contributed by atoms with van der Waals surface area (Å²) in [4.78, 5) is 11.9. The number of aromatic nitrogens is 5. The number of ether oxygens (including phenoxy) is 1. The van der Waals surface area contributed by atoms with Crippen LogP contribution in [0.25, 0.3) is 22.3 Å². The van der Waals surface area contributed by atoms with E-state index in [1.54, 1.807) is 11.8 Å². The number of hydrogen-bond donors (Lipinski definition) is 0. The van der Waals surface area contributed by atoms with Crippen LogP contribution in [0.3, 0.4) is 0 Å². The molecular weight excluding hydrogens is 396 g/mol. The van der Waals surface area contributed by atoms with Gasteiger partial charge < -0.3 is 9.64 Å². The number of nitrogens with zero attached hydrogens (tertiary/aromatic N) is 6. The molecule has 152 valence electrons. The molecule has 1 aliphatic rings. The Bertz CT molecular complexity index is 1160. The van der Waals surface area contributed by atoms with Crippen molar-refractivity contribution in [2.75, 3.05) is 31.2 Å². The fourth-order valence-corrected chi connectivity index (χ4v) is 4.55. The Morgan fingerprint density at radius 2 is 1.70 bits per heavy atom. The summed E-state index contributed by atoms with van der Waals surface area (Å²) < 4.78 is 7.63. The van der Waals surface area contributed by atoms with Gasteiger partial charge in [0.15, 0.2) is 11.0 Å². The van der Waals surface area contributed by atoms with Crippen LogP contribution >= 0.6 is 11.8 Å². The predicted octanol–water partition coefficient (Wildman–Crippen LogP) is 3.90. The minimum absolute atomic E-state index is 0.716. The van der Waals surface area contributed by atoms with Crippen LogP contribution < -0.4 is 4.90 Å². The highest BCUT2D eigenvalue weighted by Gasteiger charge is 2.21. The maximum Gasteiger partial charge on any atom is 0.228 e. The van der Waals surface area contributed by atoms with Gasteiger partial charge in [0.1, 0.15) is 5.03 Å². The lowest BCUT2D eigenvalue weighted by molar-refractivity contribution is 0.121. The van der Waals surface area contributed by atoms with E-state index in [4.69, 9.17) is 14.7 Å². The first-order chi connectivity index (χ1) is 14.8. The highest BCUT2D eigenvalue weighted by molar-refractivity contribution is 7.99. The zero-order chi connectivity index (χ0) is 20.3. The van der Waals surface area contributed by atoms with E-state index >= 15 is 0 Å². The molecule has 0 aliphatic carbocycles. The van der Waals surface area contributed by atoms with Gasteiger partial charge in [-0.15, -0.1) is 10.2 Å².